The molecule has 0 N–H and O–H groups in total. The summed E-state index contributed by atoms with van der Waals surface area (Å²) in [6, 6.07) is 64.4. The van der Waals surface area contributed by atoms with Gasteiger partial charge in [0.05, 0.1) is 11.4 Å². The molecule has 0 unspecified atom stereocenters. The number of hydrogen-bond donors (Lipinski definition) is 0. The zero-order valence-electron chi connectivity index (χ0n) is 35.4. The van der Waals surface area contributed by atoms with Gasteiger partial charge >= 0.3 is 0 Å². The molecule has 0 amide bonds. The van der Waals surface area contributed by atoms with Crippen LogP contribution in [-0.2, 0) is 10.8 Å². The van der Waals surface area contributed by atoms with Crippen molar-refractivity contribution in [2.24, 2.45) is 0 Å². The van der Waals surface area contributed by atoms with Crippen molar-refractivity contribution in [3.8, 4) is 22.6 Å². The van der Waals surface area contributed by atoms with Gasteiger partial charge in [-0.1, -0.05) is 125 Å². The van der Waals surface area contributed by atoms with Gasteiger partial charge in [-0.05, 0) is 96.1 Å². The Morgan fingerprint density at radius 1 is 0.349 bits per heavy atom. The van der Waals surface area contributed by atoms with Crippen molar-refractivity contribution in [1.29, 1.82) is 0 Å². The van der Waals surface area contributed by atoms with Crippen molar-refractivity contribution in [2.45, 2.75) is 38.5 Å². The van der Waals surface area contributed by atoms with Crippen molar-refractivity contribution in [2.75, 3.05) is 9.80 Å². The molecule has 63 heavy (non-hydrogen) atoms. The number of rotatable bonds is 6. The lowest BCUT2D eigenvalue weighted by molar-refractivity contribution is 0.592. The predicted molar refractivity (Wildman–Crippen MR) is 258 cm³/mol. The summed E-state index contributed by atoms with van der Waals surface area (Å²) in [5.41, 5.74) is 16.4. The van der Waals surface area contributed by atoms with E-state index < -0.39 is 0 Å². The second-order valence-corrected chi connectivity index (χ2v) is 18.1. The highest BCUT2D eigenvalue weighted by molar-refractivity contribution is 6.11. The third-order valence-corrected chi connectivity index (χ3v) is 13.8. The van der Waals surface area contributed by atoms with E-state index in [-0.39, 0.29) is 10.8 Å². The average Bonchev–Trinajstić information content (AvgIpc) is 4.10. The van der Waals surface area contributed by atoms with Crippen LogP contribution >= 0.6 is 0 Å². The number of benzene rings is 8. The molecule has 0 atom stereocenters. The average molecular weight is 815 g/mol. The SMILES string of the molecule is CC1(C)c2cc(N(c3ccccc3)c3cccc4c3oc3ccccc34)ccc2-c2oc3c(c21)C(C)(C)c1cc(N(c2ccccc2)c2cccc4c2oc2ccccc24)ccc1-3. The van der Waals surface area contributed by atoms with E-state index in [1.165, 1.54) is 22.3 Å². The Kier molecular flexibility index (Phi) is 7.35. The van der Waals surface area contributed by atoms with E-state index in [9.17, 15) is 0 Å². The summed E-state index contributed by atoms with van der Waals surface area (Å²) in [6.07, 6.45) is 0. The zero-order chi connectivity index (χ0) is 42.2. The van der Waals surface area contributed by atoms with Crippen LogP contribution in [-0.4, -0.2) is 0 Å². The lowest BCUT2D eigenvalue weighted by Gasteiger charge is -2.30. The minimum absolute atomic E-state index is 0.347. The van der Waals surface area contributed by atoms with Crippen molar-refractivity contribution < 1.29 is 13.3 Å². The molecular weight excluding hydrogens is 773 g/mol. The van der Waals surface area contributed by atoms with Crippen LogP contribution in [0.3, 0.4) is 0 Å². The first-order chi connectivity index (χ1) is 30.8. The van der Waals surface area contributed by atoms with E-state index in [0.717, 1.165) is 101 Å². The Bertz CT molecular complexity index is 3400. The largest absolute Gasteiger partial charge is 0.455 e. The Hall–Kier alpha value is -7.76. The fourth-order valence-electron chi connectivity index (χ4n) is 10.9. The maximum absolute atomic E-state index is 7.16. The molecular formula is C58H42N2O3. The molecule has 0 fully saturated rings. The maximum atomic E-state index is 7.16. The molecule has 3 aromatic heterocycles. The van der Waals surface area contributed by atoms with Crippen LogP contribution in [0.2, 0.25) is 0 Å². The van der Waals surface area contributed by atoms with Crippen LogP contribution in [0, 0.1) is 0 Å². The van der Waals surface area contributed by atoms with Gasteiger partial charge in [-0.2, -0.15) is 0 Å². The first-order valence-electron chi connectivity index (χ1n) is 21.8. The molecule has 8 aromatic carbocycles. The summed E-state index contributed by atoms with van der Waals surface area (Å²) >= 11 is 0. The van der Waals surface area contributed by atoms with Crippen LogP contribution < -0.4 is 9.80 Å². The fraction of sp³-hybridized carbons (Fsp3) is 0.103. The van der Waals surface area contributed by atoms with Crippen LogP contribution in [0.5, 0.6) is 0 Å². The lowest BCUT2D eigenvalue weighted by Crippen LogP contribution is -2.23. The predicted octanol–water partition coefficient (Wildman–Crippen LogP) is 16.6. The van der Waals surface area contributed by atoms with E-state index >= 15 is 0 Å². The van der Waals surface area contributed by atoms with Gasteiger partial charge in [-0.15, -0.1) is 0 Å². The van der Waals surface area contributed by atoms with Gasteiger partial charge in [0, 0.05) is 77.4 Å². The molecule has 2 aliphatic rings. The quantitative estimate of drug-likeness (QED) is 0.167. The van der Waals surface area contributed by atoms with Gasteiger partial charge in [-0.3, -0.25) is 0 Å². The van der Waals surface area contributed by atoms with Crippen molar-refractivity contribution in [1.82, 2.24) is 0 Å². The van der Waals surface area contributed by atoms with Gasteiger partial charge in [0.2, 0.25) is 0 Å². The Morgan fingerprint density at radius 3 is 1.19 bits per heavy atom. The van der Waals surface area contributed by atoms with Crippen LogP contribution in [0.25, 0.3) is 66.5 Å². The van der Waals surface area contributed by atoms with Crippen LogP contribution in [0.4, 0.5) is 34.1 Å². The molecule has 13 rings (SSSR count). The molecule has 0 saturated carbocycles. The third-order valence-electron chi connectivity index (χ3n) is 13.8. The number of hydrogen-bond acceptors (Lipinski definition) is 5. The minimum atomic E-state index is -0.347. The van der Waals surface area contributed by atoms with Crippen molar-refractivity contribution in [3.63, 3.8) is 0 Å². The molecule has 3 heterocycles. The smallest absolute Gasteiger partial charge is 0.159 e. The van der Waals surface area contributed by atoms with E-state index in [0.29, 0.717) is 0 Å². The van der Waals surface area contributed by atoms with Crippen LogP contribution in [0.1, 0.15) is 49.9 Å². The second kappa shape index (κ2) is 12.9. The Labute approximate surface area is 365 Å². The van der Waals surface area contributed by atoms with Crippen LogP contribution in [0.15, 0.2) is 195 Å². The molecule has 11 aromatic rings. The maximum Gasteiger partial charge on any atom is 0.159 e. The number of para-hydroxylation sites is 6. The molecule has 0 aliphatic heterocycles. The van der Waals surface area contributed by atoms with Gasteiger partial charge in [0.25, 0.3) is 0 Å². The van der Waals surface area contributed by atoms with Gasteiger partial charge in [0.15, 0.2) is 11.2 Å². The molecule has 5 nitrogen and oxygen atoms in total. The summed E-state index contributed by atoms with van der Waals surface area (Å²) in [5.74, 6) is 1.95. The van der Waals surface area contributed by atoms with Crippen molar-refractivity contribution in [3.05, 3.63) is 204 Å². The summed E-state index contributed by atoms with van der Waals surface area (Å²) in [5, 5.41) is 4.43. The highest BCUT2D eigenvalue weighted by Gasteiger charge is 2.50. The molecule has 0 spiro atoms. The number of furan rings is 3. The summed E-state index contributed by atoms with van der Waals surface area (Å²) in [6.45, 7) is 9.44. The summed E-state index contributed by atoms with van der Waals surface area (Å²) in [4.78, 5) is 4.66. The molecule has 0 bridgehead atoms. The molecule has 0 saturated heterocycles. The van der Waals surface area contributed by atoms with Gasteiger partial charge in [0.1, 0.15) is 22.7 Å². The van der Waals surface area contributed by atoms with E-state index in [4.69, 9.17) is 13.3 Å². The zero-order valence-corrected chi connectivity index (χ0v) is 35.4. The number of nitrogens with zero attached hydrogens (tertiary/aromatic N) is 2. The molecule has 302 valence electrons. The fourth-order valence-corrected chi connectivity index (χ4v) is 10.9. The third kappa shape index (κ3) is 4.99. The van der Waals surface area contributed by atoms with E-state index in [1.54, 1.807) is 0 Å². The standard InChI is InChI=1S/C58H42N2O3/c1-57(2)45-33-37(59(35-17-7-5-8-18-35)47-25-15-23-41-39-21-11-13-27-49(39)61-53(41)47)29-31-43(45)55-51(57)52-56(63-55)44-32-30-38(34-46(44)58(52,3)4)60(36-19-9-6-10-20-36)48-26-16-24-42-40-22-12-14-28-50(40)62-54(42)48/h5-34H,1-4H3. The highest BCUT2D eigenvalue weighted by atomic mass is 16.3. The van der Waals surface area contributed by atoms with Gasteiger partial charge in [-0.25, -0.2) is 0 Å². The summed E-state index contributed by atoms with van der Waals surface area (Å²) < 4.78 is 20.4. The lowest BCUT2D eigenvalue weighted by atomic mass is 9.74. The van der Waals surface area contributed by atoms with Crippen molar-refractivity contribution >= 4 is 78.0 Å². The molecule has 5 heteroatoms. The topological polar surface area (TPSA) is 45.9 Å². The first-order valence-corrected chi connectivity index (χ1v) is 21.8. The van der Waals surface area contributed by atoms with Gasteiger partial charge < -0.3 is 23.1 Å². The normalized spacial score (nSPS) is 14.3. The first kappa shape index (κ1) is 35.9. The highest BCUT2D eigenvalue weighted by Crippen LogP contribution is 2.62. The monoisotopic (exact) mass is 814 g/mol. The summed E-state index contributed by atoms with van der Waals surface area (Å²) in [7, 11) is 0. The molecule has 0 radical (unpaired) electrons. The Morgan fingerprint density at radius 2 is 0.746 bits per heavy atom. The minimum Gasteiger partial charge on any atom is -0.455 e. The Balaban J connectivity index is 0.933. The number of anilines is 6. The number of fused-ring (bicyclic) bond motifs is 13. The second-order valence-electron chi connectivity index (χ2n) is 18.1. The van der Waals surface area contributed by atoms with E-state index in [2.05, 4.69) is 195 Å². The molecule has 2 aliphatic carbocycles. The van der Waals surface area contributed by atoms with E-state index in [1.807, 2.05) is 24.3 Å².